The molecule has 0 aliphatic carbocycles. The zero-order valence-electron chi connectivity index (χ0n) is 27.9. The zero-order valence-corrected chi connectivity index (χ0v) is 27.9. The average Bonchev–Trinajstić information content (AvgIpc) is 3.19. The molecule has 9 aromatic carbocycles. The molecule has 2 aliphatic rings. The normalized spacial score (nSPS) is 13.0. The third-order valence-corrected chi connectivity index (χ3v) is 10.9. The van der Waals surface area contributed by atoms with Crippen LogP contribution in [0.25, 0.3) is 43.4 Å². The first-order valence-electron chi connectivity index (χ1n) is 17.7. The van der Waals surface area contributed by atoms with Crippen molar-refractivity contribution in [2.45, 2.75) is 0 Å². The summed E-state index contributed by atoms with van der Waals surface area (Å²) in [5.74, 6) is 0. The van der Waals surface area contributed by atoms with Gasteiger partial charge in [-0.1, -0.05) is 133 Å². The van der Waals surface area contributed by atoms with Gasteiger partial charge in [0, 0.05) is 34.1 Å². The van der Waals surface area contributed by atoms with Crippen LogP contribution in [0.15, 0.2) is 188 Å². The summed E-state index contributed by atoms with van der Waals surface area (Å²) in [6.07, 6.45) is 0. The highest BCUT2D eigenvalue weighted by Gasteiger charge is 2.44. The summed E-state index contributed by atoms with van der Waals surface area (Å²) < 4.78 is 0. The summed E-state index contributed by atoms with van der Waals surface area (Å²) in [5.41, 5.74) is 13.6. The highest BCUT2D eigenvalue weighted by molar-refractivity contribution is 7.00. The van der Waals surface area contributed by atoms with Gasteiger partial charge in [0.2, 0.25) is 0 Å². The lowest BCUT2D eigenvalue weighted by atomic mass is 9.33. The molecule has 2 nitrogen and oxygen atoms in total. The molecule has 3 heteroatoms. The van der Waals surface area contributed by atoms with Crippen LogP contribution in [-0.2, 0) is 0 Å². The molecule has 0 atom stereocenters. The lowest BCUT2D eigenvalue weighted by Crippen LogP contribution is -2.61. The second-order valence-electron chi connectivity index (χ2n) is 13.8. The molecule has 0 fully saturated rings. The third kappa shape index (κ3) is 4.31. The van der Waals surface area contributed by atoms with E-state index >= 15 is 0 Å². The van der Waals surface area contributed by atoms with Crippen molar-refractivity contribution < 1.29 is 0 Å². The van der Waals surface area contributed by atoms with Crippen molar-refractivity contribution in [1.82, 2.24) is 0 Å². The Morgan fingerprint density at radius 1 is 0.294 bits per heavy atom. The summed E-state index contributed by atoms with van der Waals surface area (Å²) in [4.78, 5) is 5.02. The molecule has 0 saturated heterocycles. The molecule has 236 valence electrons. The van der Waals surface area contributed by atoms with Crippen LogP contribution in [0.4, 0.5) is 34.1 Å². The molecule has 0 saturated carbocycles. The van der Waals surface area contributed by atoms with Crippen molar-refractivity contribution in [3.63, 3.8) is 0 Å². The van der Waals surface area contributed by atoms with Crippen molar-refractivity contribution in [3.8, 4) is 11.1 Å². The van der Waals surface area contributed by atoms with Crippen LogP contribution in [0.1, 0.15) is 0 Å². The van der Waals surface area contributed by atoms with Crippen LogP contribution in [-0.4, -0.2) is 6.71 Å². The number of anilines is 6. The maximum atomic E-state index is 2.51. The van der Waals surface area contributed by atoms with E-state index in [1.807, 2.05) is 0 Å². The van der Waals surface area contributed by atoms with Gasteiger partial charge in [0.15, 0.2) is 0 Å². The second-order valence-corrected chi connectivity index (χ2v) is 13.8. The monoisotopic (exact) mass is 646 g/mol. The molecule has 0 N–H and O–H groups in total. The van der Waals surface area contributed by atoms with Crippen molar-refractivity contribution in [1.29, 1.82) is 0 Å². The number of fused-ring (bicyclic) bond motifs is 7. The number of benzene rings is 9. The third-order valence-electron chi connectivity index (χ3n) is 10.9. The Hall–Kier alpha value is -6.58. The Kier molecular flexibility index (Phi) is 6.08. The maximum Gasteiger partial charge on any atom is 0.252 e. The number of nitrogens with zero attached hydrogens (tertiary/aromatic N) is 2. The highest BCUT2D eigenvalue weighted by atomic mass is 15.2. The number of para-hydroxylation sites is 2. The smallest absolute Gasteiger partial charge is 0.252 e. The first-order chi connectivity index (χ1) is 25.3. The molecule has 0 spiro atoms. The molecule has 51 heavy (non-hydrogen) atoms. The van der Waals surface area contributed by atoms with E-state index in [-0.39, 0.29) is 6.71 Å². The molecule has 11 rings (SSSR count). The van der Waals surface area contributed by atoms with E-state index in [9.17, 15) is 0 Å². The minimum atomic E-state index is 0.0415. The first-order valence-corrected chi connectivity index (χ1v) is 17.7. The fraction of sp³-hybridized carbons (Fsp3) is 0. The molecule has 0 unspecified atom stereocenters. The van der Waals surface area contributed by atoms with Crippen LogP contribution in [0.2, 0.25) is 0 Å². The van der Waals surface area contributed by atoms with E-state index < -0.39 is 0 Å². The lowest BCUT2D eigenvalue weighted by Gasteiger charge is -2.44. The van der Waals surface area contributed by atoms with Crippen molar-refractivity contribution in [2.75, 3.05) is 9.80 Å². The first kappa shape index (κ1) is 28.3. The van der Waals surface area contributed by atoms with Gasteiger partial charge in [-0.25, -0.2) is 0 Å². The van der Waals surface area contributed by atoms with Gasteiger partial charge in [0.25, 0.3) is 6.71 Å². The molecule has 0 bridgehead atoms. The van der Waals surface area contributed by atoms with Gasteiger partial charge >= 0.3 is 0 Å². The van der Waals surface area contributed by atoms with Gasteiger partial charge in [-0.3, -0.25) is 0 Å². The van der Waals surface area contributed by atoms with Crippen molar-refractivity contribution in [2.24, 2.45) is 0 Å². The van der Waals surface area contributed by atoms with Crippen LogP contribution in [0.5, 0.6) is 0 Å². The lowest BCUT2D eigenvalue weighted by molar-refractivity contribution is 1.26. The topological polar surface area (TPSA) is 6.48 Å². The molecule has 0 amide bonds. The van der Waals surface area contributed by atoms with Gasteiger partial charge in [0.1, 0.15) is 0 Å². The molecule has 0 radical (unpaired) electrons. The van der Waals surface area contributed by atoms with Crippen LogP contribution in [0, 0.1) is 0 Å². The van der Waals surface area contributed by atoms with Gasteiger partial charge < -0.3 is 9.80 Å². The van der Waals surface area contributed by atoms with E-state index in [1.165, 1.54) is 82.6 Å². The van der Waals surface area contributed by atoms with Crippen molar-refractivity contribution in [3.05, 3.63) is 188 Å². The van der Waals surface area contributed by atoms with Crippen LogP contribution >= 0.6 is 0 Å². The molecule has 0 aromatic heterocycles. The summed E-state index contributed by atoms with van der Waals surface area (Å²) in [7, 11) is 0. The summed E-state index contributed by atoms with van der Waals surface area (Å²) in [6.45, 7) is 0.0415. The fourth-order valence-electron chi connectivity index (χ4n) is 8.61. The minimum absolute atomic E-state index is 0.0415. The Bertz CT molecular complexity index is 2680. The number of hydrogen-bond donors (Lipinski definition) is 0. The average molecular weight is 647 g/mol. The van der Waals surface area contributed by atoms with Gasteiger partial charge in [-0.15, -0.1) is 0 Å². The predicted molar refractivity (Wildman–Crippen MR) is 218 cm³/mol. The molecule has 2 aliphatic heterocycles. The Balaban J connectivity index is 1.30. The zero-order chi connectivity index (χ0) is 33.5. The molecule has 2 heterocycles. The predicted octanol–water partition coefficient (Wildman–Crippen LogP) is 10.9. The fourth-order valence-corrected chi connectivity index (χ4v) is 8.61. The van der Waals surface area contributed by atoms with Crippen LogP contribution in [0.3, 0.4) is 0 Å². The SMILES string of the molecule is c1ccc(N2c3cc4ccccc4cc3B3c4cc5ccccc5cc4N(c4ccccc4)c4cc(-c5ccc6ccccc6c5)cc2c43)cc1. The summed E-state index contributed by atoms with van der Waals surface area (Å²) in [5, 5.41) is 7.50. The second kappa shape index (κ2) is 11.0. The Labute approximate surface area is 297 Å². The molecular formula is C48H31BN2. The van der Waals surface area contributed by atoms with Crippen molar-refractivity contribution >= 4 is 89.5 Å². The maximum absolute atomic E-state index is 2.51. The van der Waals surface area contributed by atoms with E-state index in [1.54, 1.807) is 0 Å². The van der Waals surface area contributed by atoms with E-state index in [0.29, 0.717) is 0 Å². The van der Waals surface area contributed by atoms with E-state index in [2.05, 4.69) is 198 Å². The highest BCUT2D eigenvalue weighted by Crippen LogP contribution is 2.47. The standard InChI is InChI=1S/C48H31BN2/c1-3-19-40(20-4-1)50-44-28-36-17-11-9-15-34(36)26-42(44)49-43-27-35-16-10-12-18-37(35)29-45(43)51(41-21-5-2-6-22-41)47-31-39(30-46(50)48(47)49)38-24-23-32-13-7-8-14-33(32)25-38/h1-31H. The van der Waals surface area contributed by atoms with Gasteiger partial charge in [-0.05, 0) is 114 Å². The quantitative estimate of drug-likeness (QED) is 0.176. The molecular weight excluding hydrogens is 615 g/mol. The Morgan fingerprint density at radius 2 is 0.706 bits per heavy atom. The van der Waals surface area contributed by atoms with Crippen LogP contribution < -0.4 is 26.2 Å². The summed E-state index contributed by atoms with van der Waals surface area (Å²) in [6, 6.07) is 69.5. The van der Waals surface area contributed by atoms with Gasteiger partial charge in [0.05, 0.1) is 0 Å². The minimum Gasteiger partial charge on any atom is -0.311 e. The Morgan fingerprint density at radius 3 is 1.20 bits per heavy atom. The number of rotatable bonds is 3. The van der Waals surface area contributed by atoms with E-state index in [0.717, 1.165) is 11.4 Å². The van der Waals surface area contributed by atoms with E-state index in [4.69, 9.17) is 0 Å². The molecule has 9 aromatic rings. The summed E-state index contributed by atoms with van der Waals surface area (Å²) >= 11 is 0. The van der Waals surface area contributed by atoms with Gasteiger partial charge in [-0.2, -0.15) is 0 Å². The number of hydrogen-bond acceptors (Lipinski definition) is 2. The largest absolute Gasteiger partial charge is 0.311 e.